The van der Waals surface area contributed by atoms with E-state index in [1.54, 1.807) is 0 Å². The van der Waals surface area contributed by atoms with Crippen LogP contribution in [0.4, 0.5) is 0 Å². The smallest absolute Gasteiger partial charge is 0.214 e. The molecule has 20 heavy (non-hydrogen) atoms. The van der Waals surface area contributed by atoms with Gasteiger partial charge in [0.1, 0.15) is 5.60 Å². The highest BCUT2D eigenvalue weighted by molar-refractivity contribution is 5.82. The number of aromatic nitrogens is 1. The summed E-state index contributed by atoms with van der Waals surface area (Å²) >= 11 is 0. The summed E-state index contributed by atoms with van der Waals surface area (Å²) in [5.74, 6) is 0.691. The number of nitrogens with zero attached hydrogens (tertiary/aromatic N) is 1. The van der Waals surface area contributed by atoms with E-state index in [0.717, 1.165) is 12.1 Å². The molecule has 0 fully saturated rings. The number of hydrogen-bond donors (Lipinski definition) is 1. The van der Waals surface area contributed by atoms with Gasteiger partial charge in [-0.05, 0) is 32.4 Å². The van der Waals surface area contributed by atoms with Crippen molar-refractivity contribution in [3.63, 3.8) is 0 Å². The second-order valence-corrected chi connectivity index (χ2v) is 6.39. The Labute approximate surface area is 121 Å². The highest BCUT2D eigenvalue weighted by atomic mass is 16.5. The molecule has 1 N–H and O–H groups in total. The molecular formula is C17H24N2O. The van der Waals surface area contributed by atoms with Crippen molar-refractivity contribution in [1.82, 2.24) is 10.3 Å². The molecule has 1 heterocycles. The summed E-state index contributed by atoms with van der Waals surface area (Å²) in [6.45, 7) is 11.2. The van der Waals surface area contributed by atoms with Crippen molar-refractivity contribution >= 4 is 10.9 Å². The molecule has 3 heteroatoms. The lowest BCUT2D eigenvalue weighted by Gasteiger charge is -2.21. The highest BCUT2D eigenvalue weighted by Gasteiger charge is 2.14. The summed E-state index contributed by atoms with van der Waals surface area (Å²) in [7, 11) is 0. The van der Waals surface area contributed by atoms with E-state index in [-0.39, 0.29) is 5.60 Å². The van der Waals surface area contributed by atoms with E-state index in [1.807, 2.05) is 45.0 Å². The first-order valence-electron chi connectivity index (χ1n) is 7.16. The van der Waals surface area contributed by atoms with Crippen molar-refractivity contribution in [3.05, 3.63) is 35.9 Å². The molecule has 2 rings (SSSR count). The van der Waals surface area contributed by atoms with Gasteiger partial charge >= 0.3 is 0 Å². The minimum Gasteiger partial charge on any atom is -0.472 e. The van der Waals surface area contributed by atoms with Gasteiger partial charge in [0.05, 0.1) is 5.52 Å². The molecule has 0 bridgehead atoms. The van der Waals surface area contributed by atoms with Gasteiger partial charge in [-0.3, -0.25) is 0 Å². The molecule has 1 aromatic carbocycles. The maximum Gasteiger partial charge on any atom is 0.214 e. The topological polar surface area (TPSA) is 34.1 Å². The van der Waals surface area contributed by atoms with Crippen LogP contribution >= 0.6 is 0 Å². The maximum absolute atomic E-state index is 5.92. The molecule has 0 radical (unpaired) electrons. The second-order valence-electron chi connectivity index (χ2n) is 6.39. The summed E-state index contributed by atoms with van der Waals surface area (Å²) in [6, 6.07) is 10.7. The number of rotatable bonds is 4. The standard InChI is InChI=1S/C17H24N2O/c1-12(2)18-11-13-10-16(20-17(3,4)5)19-15-9-7-6-8-14(13)15/h6-10,12,18H,11H2,1-5H3. The van der Waals surface area contributed by atoms with Crippen LogP contribution in [0.25, 0.3) is 10.9 Å². The zero-order valence-corrected chi connectivity index (χ0v) is 13.0. The van der Waals surface area contributed by atoms with Gasteiger partial charge in [0.15, 0.2) is 0 Å². The van der Waals surface area contributed by atoms with Crippen molar-refractivity contribution in [1.29, 1.82) is 0 Å². The third-order valence-electron chi connectivity index (χ3n) is 2.89. The second kappa shape index (κ2) is 5.80. The van der Waals surface area contributed by atoms with Crippen molar-refractivity contribution in [2.75, 3.05) is 0 Å². The maximum atomic E-state index is 5.92. The average molecular weight is 272 g/mol. The highest BCUT2D eigenvalue weighted by Crippen LogP contribution is 2.24. The molecule has 3 nitrogen and oxygen atoms in total. The molecule has 1 aromatic heterocycles. The van der Waals surface area contributed by atoms with Crippen LogP contribution in [0.3, 0.4) is 0 Å². The van der Waals surface area contributed by atoms with E-state index in [4.69, 9.17) is 4.74 Å². The third kappa shape index (κ3) is 3.94. The molecule has 0 unspecified atom stereocenters. The van der Waals surface area contributed by atoms with Crippen LogP contribution in [-0.2, 0) is 6.54 Å². The van der Waals surface area contributed by atoms with E-state index in [0.29, 0.717) is 11.9 Å². The Hall–Kier alpha value is -1.61. The number of fused-ring (bicyclic) bond motifs is 1. The van der Waals surface area contributed by atoms with Gasteiger partial charge in [0, 0.05) is 24.0 Å². The van der Waals surface area contributed by atoms with E-state index in [2.05, 4.69) is 30.2 Å². The van der Waals surface area contributed by atoms with Crippen LogP contribution in [0.15, 0.2) is 30.3 Å². The quantitative estimate of drug-likeness (QED) is 0.916. The molecule has 0 amide bonds. The molecule has 0 saturated carbocycles. The van der Waals surface area contributed by atoms with Crippen molar-refractivity contribution < 1.29 is 4.74 Å². The lowest BCUT2D eigenvalue weighted by Crippen LogP contribution is -2.24. The van der Waals surface area contributed by atoms with Gasteiger partial charge in [-0.2, -0.15) is 0 Å². The lowest BCUT2D eigenvalue weighted by atomic mass is 10.1. The molecule has 0 spiro atoms. The van der Waals surface area contributed by atoms with Crippen molar-refractivity contribution in [3.8, 4) is 5.88 Å². The molecule has 0 atom stereocenters. The molecule has 0 aliphatic rings. The number of hydrogen-bond acceptors (Lipinski definition) is 3. The molecule has 0 aliphatic carbocycles. The van der Waals surface area contributed by atoms with Crippen LogP contribution in [0.1, 0.15) is 40.2 Å². The monoisotopic (exact) mass is 272 g/mol. The van der Waals surface area contributed by atoms with Gasteiger partial charge in [-0.25, -0.2) is 4.98 Å². The van der Waals surface area contributed by atoms with Crippen molar-refractivity contribution in [2.24, 2.45) is 0 Å². The lowest BCUT2D eigenvalue weighted by molar-refractivity contribution is 0.124. The van der Waals surface area contributed by atoms with Crippen LogP contribution in [0, 0.1) is 0 Å². The minimum atomic E-state index is -0.238. The number of pyridine rings is 1. The zero-order valence-electron chi connectivity index (χ0n) is 13.0. The van der Waals surface area contributed by atoms with Crippen LogP contribution in [0.2, 0.25) is 0 Å². The molecule has 2 aromatic rings. The Morgan fingerprint density at radius 2 is 1.90 bits per heavy atom. The summed E-state index contributed by atoms with van der Waals surface area (Å²) in [5.41, 5.74) is 1.97. The van der Waals surface area contributed by atoms with Crippen LogP contribution in [-0.4, -0.2) is 16.6 Å². The fourth-order valence-corrected chi connectivity index (χ4v) is 2.05. The normalized spacial score (nSPS) is 12.1. The van der Waals surface area contributed by atoms with E-state index < -0.39 is 0 Å². The van der Waals surface area contributed by atoms with Crippen molar-refractivity contribution in [2.45, 2.75) is 52.8 Å². The predicted molar refractivity (Wildman–Crippen MR) is 84.1 cm³/mol. The van der Waals surface area contributed by atoms with Gasteiger partial charge in [-0.15, -0.1) is 0 Å². The largest absolute Gasteiger partial charge is 0.472 e. The first-order chi connectivity index (χ1) is 9.35. The van der Waals surface area contributed by atoms with Gasteiger partial charge in [-0.1, -0.05) is 32.0 Å². The molecule has 0 aliphatic heterocycles. The fraction of sp³-hybridized carbons (Fsp3) is 0.471. The minimum absolute atomic E-state index is 0.238. The van der Waals surface area contributed by atoms with Gasteiger partial charge in [0.2, 0.25) is 5.88 Å². The van der Waals surface area contributed by atoms with Crippen LogP contribution in [0.5, 0.6) is 5.88 Å². The summed E-state index contributed by atoms with van der Waals surface area (Å²) in [6.07, 6.45) is 0. The first kappa shape index (κ1) is 14.8. The van der Waals surface area contributed by atoms with Gasteiger partial charge < -0.3 is 10.1 Å². The number of ether oxygens (including phenoxy) is 1. The Morgan fingerprint density at radius 1 is 1.20 bits per heavy atom. The SMILES string of the molecule is CC(C)NCc1cc(OC(C)(C)C)nc2ccccc12. The zero-order chi connectivity index (χ0) is 14.8. The van der Waals surface area contributed by atoms with E-state index in [9.17, 15) is 0 Å². The molecule has 0 saturated heterocycles. The summed E-state index contributed by atoms with van der Waals surface area (Å²) in [4.78, 5) is 4.60. The molecule has 108 valence electrons. The first-order valence-corrected chi connectivity index (χ1v) is 7.16. The summed E-state index contributed by atoms with van der Waals surface area (Å²) < 4.78 is 5.92. The average Bonchev–Trinajstić information content (AvgIpc) is 2.33. The van der Waals surface area contributed by atoms with Gasteiger partial charge in [0.25, 0.3) is 0 Å². The fourth-order valence-electron chi connectivity index (χ4n) is 2.05. The predicted octanol–water partition coefficient (Wildman–Crippen LogP) is 3.91. The third-order valence-corrected chi connectivity index (χ3v) is 2.89. The van der Waals surface area contributed by atoms with Crippen LogP contribution < -0.4 is 10.1 Å². The number of benzene rings is 1. The Morgan fingerprint density at radius 3 is 2.55 bits per heavy atom. The van der Waals surface area contributed by atoms with E-state index >= 15 is 0 Å². The summed E-state index contributed by atoms with van der Waals surface area (Å²) in [5, 5.41) is 4.64. The Kier molecular flexibility index (Phi) is 4.29. The number of para-hydroxylation sites is 1. The Balaban J connectivity index is 2.41. The Bertz CT molecular complexity index is 585. The van der Waals surface area contributed by atoms with E-state index in [1.165, 1.54) is 10.9 Å². The number of nitrogens with one attached hydrogen (secondary N) is 1. The molecular weight excluding hydrogens is 248 g/mol.